The van der Waals surface area contributed by atoms with Crippen molar-refractivity contribution in [2.45, 2.75) is 26.0 Å². The third kappa shape index (κ3) is 3.52. The van der Waals surface area contributed by atoms with Crippen LogP contribution in [-0.4, -0.2) is 23.6 Å². The van der Waals surface area contributed by atoms with Crippen LogP contribution in [0.15, 0.2) is 24.3 Å². The van der Waals surface area contributed by atoms with Crippen LogP contribution in [0.1, 0.15) is 24.5 Å². The Kier molecular flexibility index (Phi) is 4.50. The number of carbonyl (C=O) groups excluding carboxylic acids is 1. The summed E-state index contributed by atoms with van der Waals surface area (Å²) < 4.78 is 5.42. The molecule has 4 nitrogen and oxygen atoms in total. The Bertz CT molecular complexity index is 473. The molecule has 0 saturated carbocycles. The molecule has 1 aromatic carbocycles. The maximum atomic E-state index is 11.9. The summed E-state index contributed by atoms with van der Waals surface area (Å²) in [5.41, 5.74) is 7.37. The van der Waals surface area contributed by atoms with Crippen molar-refractivity contribution >= 4 is 23.1 Å². The summed E-state index contributed by atoms with van der Waals surface area (Å²) in [7, 11) is 0. The first-order valence-electron chi connectivity index (χ1n) is 6.36. The number of ether oxygens (including phenoxy) is 1. The highest BCUT2D eigenvalue weighted by atomic mass is 32.1. The van der Waals surface area contributed by atoms with Crippen molar-refractivity contribution in [2.75, 3.05) is 6.61 Å². The highest BCUT2D eigenvalue weighted by Crippen LogP contribution is 2.20. The monoisotopic (exact) mass is 278 g/mol. The lowest BCUT2D eigenvalue weighted by Gasteiger charge is -2.14. The molecule has 0 aromatic heterocycles. The van der Waals surface area contributed by atoms with Gasteiger partial charge >= 0.3 is 0 Å². The largest absolute Gasteiger partial charge is 0.389 e. The zero-order chi connectivity index (χ0) is 13.8. The highest BCUT2D eigenvalue weighted by Gasteiger charge is 2.30. The van der Waals surface area contributed by atoms with Gasteiger partial charge in [0.1, 0.15) is 11.1 Å². The lowest BCUT2D eigenvalue weighted by molar-refractivity contribution is -0.131. The lowest BCUT2D eigenvalue weighted by atomic mass is 10.0. The SMILES string of the molecule is CC1CCOC1C(=O)NCc1ccc(C(N)=S)cc1. The van der Waals surface area contributed by atoms with Crippen molar-refractivity contribution in [3.8, 4) is 0 Å². The molecule has 19 heavy (non-hydrogen) atoms. The van der Waals surface area contributed by atoms with Gasteiger partial charge < -0.3 is 15.8 Å². The first-order chi connectivity index (χ1) is 9.08. The second-order valence-corrected chi connectivity index (χ2v) is 5.28. The quantitative estimate of drug-likeness (QED) is 0.816. The molecule has 3 N–H and O–H groups in total. The summed E-state index contributed by atoms with van der Waals surface area (Å²) in [6.07, 6.45) is 0.636. The smallest absolute Gasteiger partial charge is 0.249 e. The van der Waals surface area contributed by atoms with E-state index in [-0.39, 0.29) is 17.9 Å². The molecule has 1 aromatic rings. The maximum Gasteiger partial charge on any atom is 0.249 e. The average molecular weight is 278 g/mol. The summed E-state index contributed by atoms with van der Waals surface area (Å²) in [6.45, 7) is 3.19. The van der Waals surface area contributed by atoms with Crippen LogP contribution >= 0.6 is 12.2 Å². The van der Waals surface area contributed by atoms with Crippen LogP contribution in [0.25, 0.3) is 0 Å². The van der Waals surface area contributed by atoms with Crippen LogP contribution < -0.4 is 11.1 Å². The maximum absolute atomic E-state index is 11.9. The van der Waals surface area contributed by atoms with Crippen molar-refractivity contribution in [2.24, 2.45) is 11.7 Å². The number of hydrogen-bond donors (Lipinski definition) is 2. The fraction of sp³-hybridized carbons (Fsp3) is 0.429. The number of nitrogens with two attached hydrogens (primary N) is 1. The Morgan fingerprint density at radius 1 is 1.47 bits per heavy atom. The minimum Gasteiger partial charge on any atom is -0.389 e. The molecule has 1 saturated heterocycles. The number of benzene rings is 1. The summed E-state index contributed by atoms with van der Waals surface area (Å²) in [5, 5.41) is 2.89. The van der Waals surface area contributed by atoms with E-state index >= 15 is 0 Å². The summed E-state index contributed by atoms with van der Waals surface area (Å²) in [4.78, 5) is 12.3. The first-order valence-corrected chi connectivity index (χ1v) is 6.77. The zero-order valence-corrected chi connectivity index (χ0v) is 11.7. The second-order valence-electron chi connectivity index (χ2n) is 4.84. The van der Waals surface area contributed by atoms with E-state index in [0.717, 1.165) is 17.5 Å². The van der Waals surface area contributed by atoms with Crippen LogP contribution in [0, 0.1) is 5.92 Å². The van der Waals surface area contributed by atoms with Gasteiger partial charge in [-0.1, -0.05) is 43.4 Å². The molecule has 2 rings (SSSR count). The molecule has 0 bridgehead atoms. The van der Waals surface area contributed by atoms with Crippen LogP contribution in [0.4, 0.5) is 0 Å². The van der Waals surface area contributed by atoms with Gasteiger partial charge in [0, 0.05) is 18.7 Å². The molecule has 102 valence electrons. The minimum atomic E-state index is -0.309. The number of amides is 1. The van der Waals surface area contributed by atoms with Gasteiger partial charge in [0.15, 0.2) is 0 Å². The molecule has 2 unspecified atom stereocenters. The minimum absolute atomic E-state index is 0.0385. The Morgan fingerprint density at radius 2 is 2.16 bits per heavy atom. The van der Waals surface area contributed by atoms with Gasteiger partial charge in [0.2, 0.25) is 5.91 Å². The lowest BCUT2D eigenvalue weighted by Crippen LogP contribution is -2.36. The second kappa shape index (κ2) is 6.12. The molecular weight excluding hydrogens is 260 g/mol. The van der Waals surface area contributed by atoms with E-state index in [1.54, 1.807) is 0 Å². The fourth-order valence-electron chi connectivity index (χ4n) is 2.11. The number of hydrogen-bond acceptors (Lipinski definition) is 3. The molecule has 1 aliphatic rings. The topological polar surface area (TPSA) is 64.3 Å². The van der Waals surface area contributed by atoms with Crippen molar-refractivity contribution in [1.29, 1.82) is 0 Å². The number of thiocarbonyl (C=S) groups is 1. The van der Waals surface area contributed by atoms with Gasteiger partial charge in [-0.15, -0.1) is 0 Å². The average Bonchev–Trinajstić information content (AvgIpc) is 2.83. The number of rotatable bonds is 4. The van der Waals surface area contributed by atoms with E-state index in [4.69, 9.17) is 22.7 Å². The van der Waals surface area contributed by atoms with Gasteiger partial charge in [-0.25, -0.2) is 0 Å². The van der Waals surface area contributed by atoms with Crippen LogP contribution in [0.3, 0.4) is 0 Å². The number of nitrogens with one attached hydrogen (secondary N) is 1. The van der Waals surface area contributed by atoms with E-state index in [1.807, 2.05) is 31.2 Å². The van der Waals surface area contributed by atoms with Crippen LogP contribution in [0.5, 0.6) is 0 Å². The van der Waals surface area contributed by atoms with E-state index < -0.39 is 0 Å². The predicted molar refractivity (Wildman–Crippen MR) is 77.7 cm³/mol. The van der Waals surface area contributed by atoms with Crippen molar-refractivity contribution in [1.82, 2.24) is 5.32 Å². The van der Waals surface area contributed by atoms with Crippen molar-refractivity contribution in [3.63, 3.8) is 0 Å². The Balaban J connectivity index is 1.88. The Morgan fingerprint density at radius 3 is 2.68 bits per heavy atom. The number of carbonyl (C=O) groups is 1. The molecule has 1 amide bonds. The molecular formula is C14H18N2O2S. The third-order valence-corrected chi connectivity index (χ3v) is 3.59. The van der Waals surface area contributed by atoms with Crippen LogP contribution in [-0.2, 0) is 16.1 Å². The van der Waals surface area contributed by atoms with Gasteiger partial charge in [-0.2, -0.15) is 0 Å². The summed E-state index contributed by atoms with van der Waals surface area (Å²) in [6, 6.07) is 7.54. The molecule has 0 aliphatic carbocycles. The zero-order valence-electron chi connectivity index (χ0n) is 10.9. The van der Waals surface area contributed by atoms with Gasteiger partial charge in [-0.3, -0.25) is 4.79 Å². The van der Waals surface area contributed by atoms with Crippen LogP contribution in [0.2, 0.25) is 0 Å². The van der Waals surface area contributed by atoms with E-state index in [0.29, 0.717) is 18.1 Å². The van der Waals surface area contributed by atoms with E-state index in [2.05, 4.69) is 5.32 Å². The van der Waals surface area contributed by atoms with Gasteiger partial charge in [-0.05, 0) is 17.9 Å². The Labute approximate surface area is 118 Å². The highest BCUT2D eigenvalue weighted by molar-refractivity contribution is 7.80. The normalized spacial score (nSPS) is 22.2. The standard InChI is InChI=1S/C14H18N2O2S/c1-9-6-7-18-12(9)14(17)16-8-10-2-4-11(5-3-10)13(15)19/h2-5,9,12H,6-8H2,1H3,(H2,15,19)(H,16,17). The molecule has 0 radical (unpaired) electrons. The van der Waals surface area contributed by atoms with Crippen molar-refractivity contribution < 1.29 is 9.53 Å². The van der Waals surface area contributed by atoms with E-state index in [9.17, 15) is 4.79 Å². The molecule has 2 atom stereocenters. The Hall–Kier alpha value is -1.46. The molecule has 1 fully saturated rings. The predicted octanol–water partition coefficient (Wildman–Crippen LogP) is 1.36. The third-order valence-electron chi connectivity index (χ3n) is 3.35. The van der Waals surface area contributed by atoms with E-state index in [1.165, 1.54) is 0 Å². The van der Waals surface area contributed by atoms with Gasteiger partial charge in [0.05, 0.1) is 0 Å². The van der Waals surface area contributed by atoms with Gasteiger partial charge in [0.25, 0.3) is 0 Å². The first kappa shape index (κ1) is 14.0. The molecule has 1 aliphatic heterocycles. The molecule has 0 spiro atoms. The summed E-state index contributed by atoms with van der Waals surface area (Å²) in [5.74, 6) is 0.250. The molecule has 5 heteroatoms. The fourth-order valence-corrected chi connectivity index (χ4v) is 2.24. The van der Waals surface area contributed by atoms with Crippen molar-refractivity contribution in [3.05, 3.63) is 35.4 Å². The summed E-state index contributed by atoms with van der Waals surface area (Å²) >= 11 is 4.89. The molecule has 1 heterocycles.